The van der Waals surface area contributed by atoms with Crippen LogP contribution in [0.4, 0.5) is 11.4 Å². The van der Waals surface area contributed by atoms with E-state index in [1.54, 1.807) is 12.1 Å². The maximum absolute atomic E-state index is 10.6. The predicted molar refractivity (Wildman–Crippen MR) is 93.8 cm³/mol. The molecule has 2 rings (SSSR count). The monoisotopic (exact) mass is 338 g/mol. The molecule has 1 fully saturated rings. The van der Waals surface area contributed by atoms with Crippen molar-refractivity contribution < 1.29 is 9.66 Å². The van der Waals surface area contributed by atoms with E-state index in [1.165, 1.54) is 12.1 Å². The molecular weight excluding hydrogens is 316 g/mol. The molecular formula is C15H22N4O3S. The summed E-state index contributed by atoms with van der Waals surface area (Å²) in [5.74, 6) is 0. The van der Waals surface area contributed by atoms with Crippen LogP contribution >= 0.6 is 12.2 Å². The number of benzene rings is 1. The van der Waals surface area contributed by atoms with Gasteiger partial charge in [0.25, 0.3) is 5.69 Å². The first-order chi connectivity index (χ1) is 10.9. The van der Waals surface area contributed by atoms with Gasteiger partial charge in [0.2, 0.25) is 0 Å². The topological polar surface area (TPSA) is 79.7 Å². The van der Waals surface area contributed by atoms with Crippen molar-refractivity contribution in [2.24, 2.45) is 0 Å². The molecule has 23 heavy (non-hydrogen) atoms. The van der Waals surface area contributed by atoms with E-state index < -0.39 is 4.92 Å². The van der Waals surface area contributed by atoms with Gasteiger partial charge in [0.15, 0.2) is 5.11 Å². The summed E-state index contributed by atoms with van der Waals surface area (Å²) in [5.41, 5.74) is 0.741. The first kappa shape index (κ1) is 17.6. The van der Waals surface area contributed by atoms with Gasteiger partial charge < -0.3 is 15.4 Å². The first-order valence-corrected chi connectivity index (χ1v) is 7.91. The fourth-order valence-corrected chi connectivity index (χ4v) is 2.61. The highest BCUT2D eigenvalue weighted by molar-refractivity contribution is 7.80. The number of rotatable bonds is 5. The lowest BCUT2D eigenvalue weighted by Crippen LogP contribution is -2.55. The smallest absolute Gasteiger partial charge is 0.269 e. The van der Waals surface area contributed by atoms with Gasteiger partial charge in [-0.1, -0.05) is 0 Å². The largest absolute Gasteiger partial charge is 0.379 e. The number of nitro benzene ring substituents is 1. The van der Waals surface area contributed by atoms with Gasteiger partial charge in [0, 0.05) is 43.0 Å². The second-order valence-electron chi connectivity index (χ2n) is 6.02. The highest BCUT2D eigenvalue weighted by atomic mass is 32.1. The average Bonchev–Trinajstić information content (AvgIpc) is 2.54. The molecule has 0 radical (unpaired) electrons. The molecule has 1 aliphatic heterocycles. The summed E-state index contributed by atoms with van der Waals surface area (Å²) in [4.78, 5) is 12.6. The molecule has 1 aromatic rings. The molecule has 0 saturated carbocycles. The lowest BCUT2D eigenvalue weighted by atomic mass is 10.0. The van der Waals surface area contributed by atoms with Gasteiger partial charge >= 0.3 is 0 Å². The third kappa shape index (κ3) is 5.12. The van der Waals surface area contributed by atoms with E-state index in [4.69, 9.17) is 17.0 Å². The van der Waals surface area contributed by atoms with Gasteiger partial charge in [-0.25, -0.2) is 0 Å². The highest BCUT2D eigenvalue weighted by Crippen LogP contribution is 2.17. The Bertz CT molecular complexity index is 556. The fraction of sp³-hybridized carbons (Fsp3) is 0.533. The molecule has 126 valence electrons. The Balaban J connectivity index is 1.83. The van der Waals surface area contributed by atoms with E-state index in [-0.39, 0.29) is 11.2 Å². The van der Waals surface area contributed by atoms with Crippen molar-refractivity contribution in [3.8, 4) is 0 Å². The van der Waals surface area contributed by atoms with Gasteiger partial charge in [-0.3, -0.25) is 15.0 Å². The van der Waals surface area contributed by atoms with Crippen LogP contribution in [0.1, 0.15) is 13.8 Å². The Labute approximate surface area is 141 Å². The molecule has 0 unspecified atom stereocenters. The summed E-state index contributed by atoms with van der Waals surface area (Å²) in [7, 11) is 0. The fourth-order valence-electron chi connectivity index (χ4n) is 2.42. The maximum Gasteiger partial charge on any atom is 0.269 e. The SMILES string of the molecule is CC(C)(CNC(=S)Nc1ccc([N+](=O)[O-])cc1)N1CCOCC1. The Morgan fingerprint density at radius 3 is 2.52 bits per heavy atom. The maximum atomic E-state index is 10.6. The van der Waals surface area contributed by atoms with Crippen molar-refractivity contribution in [1.82, 2.24) is 10.2 Å². The molecule has 1 heterocycles. The number of morpholine rings is 1. The van der Waals surface area contributed by atoms with Crippen LogP contribution in [0.5, 0.6) is 0 Å². The van der Waals surface area contributed by atoms with Crippen LogP contribution < -0.4 is 10.6 Å². The molecule has 7 nitrogen and oxygen atoms in total. The van der Waals surface area contributed by atoms with Crippen LogP contribution in [0.2, 0.25) is 0 Å². The Kier molecular flexibility index (Phi) is 5.86. The van der Waals surface area contributed by atoms with E-state index >= 15 is 0 Å². The number of anilines is 1. The quantitative estimate of drug-likeness (QED) is 0.483. The lowest BCUT2D eigenvalue weighted by molar-refractivity contribution is -0.384. The molecule has 0 aliphatic carbocycles. The lowest BCUT2D eigenvalue weighted by Gasteiger charge is -2.41. The van der Waals surface area contributed by atoms with Crippen molar-refractivity contribution in [3.63, 3.8) is 0 Å². The zero-order valence-corrected chi connectivity index (χ0v) is 14.2. The van der Waals surface area contributed by atoms with Gasteiger partial charge in [0.1, 0.15) is 0 Å². The molecule has 0 amide bonds. The van der Waals surface area contributed by atoms with Crippen LogP contribution in [-0.4, -0.2) is 53.3 Å². The van der Waals surface area contributed by atoms with Crippen LogP contribution in [0.15, 0.2) is 24.3 Å². The van der Waals surface area contributed by atoms with Crippen molar-refractivity contribution in [3.05, 3.63) is 34.4 Å². The van der Waals surface area contributed by atoms with Crippen molar-refractivity contribution in [2.45, 2.75) is 19.4 Å². The second kappa shape index (κ2) is 7.67. The Morgan fingerprint density at radius 1 is 1.35 bits per heavy atom. The van der Waals surface area contributed by atoms with Crippen LogP contribution in [0, 0.1) is 10.1 Å². The van der Waals surface area contributed by atoms with Crippen LogP contribution in [0.25, 0.3) is 0 Å². The number of nitrogens with zero attached hydrogens (tertiary/aromatic N) is 2. The number of thiocarbonyl (C=S) groups is 1. The number of nitrogens with one attached hydrogen (secondary N) is 2. The number of nitro groups is 1. The summed E-state index contributed by atoms with van der Waals surface area (Å²) in [6.07, 6.45) is 0. The molecule has 2 N–H and O–H groups in total. The Hall–Kier alpha value is -1.77. The number of non-ortho nitro benzene ring substituents is 1. The van der Waals surface area contributed by atoms with Crippen molar-refractivity contribution in [1.29, 1.82) is 0 Å². The van der Waals surface area contributed by atoms with E-state index in [1.807, 2.05) is 0 Å². The average molecular weight is 338 g/mol. The van der Waals surface area contributed by atoms with Crippen molar-refractivity contribution in [2.75, 3.05) is 38.2 Å². The Morgan fingerprint density at radius 2 is 1.96 bits per heavy atom. The third-order valence-electron chi connectivity index (χ3n) is 3.88. The molecule has 0 spiro atoms. The van der Waals surface area contributed by atoms with Gasteiger partial charge in [-0.2, -0.15) is 0 Å². The molecule has 0 bridgehead atoms. The predicted octanol–water partition coefficient (Wildman–Crippen LogP) is 1.99. The van der Waals surface area contributed by atoms with Gasteiger partial charge in [0.05, 0.1) is 18.1 Å². The molecule has 1 aliphatic rings. The molecule has 0 aromatic heterocycles. The van der Waals surface area contributed by atoms with E-state index in [0.29, 0.717) is 11.7 Å². The van der Waals surface area contributed by atoms with Gasteiger partial charge in [-0.05, 0) is 38.2 Å². The van der Waals surface area contributed by atoms with Gasteiger partial charge in [-0.15, -0.1) is 0 Å². The highest BCUT2D eigenvalue weighted by Gasteiger charge is 2.28. The first-order valence-electron chi connectivity index (χ1n) is 7.50. The summed E-state index contributed by atoms with van der Waals surface area (Å²) < 4.78 is 5.38. The van der Waals surface area contributed by atoms with E-state index in [0.717, 1.165) is 32.0 Å². The standard InChI is InChI=1S/C15H22N4O3S/c1-15(2,18-7-9-22-10-8-18)11-16-14(23)17-12-3-5-13(6-4-12)19(20)21/h3-6H,7-11H2,1-2H3,(H2,16,17,23). The molecule has 1 aromatic carbocycles. The number of hydrogen-bond acceptors (Lipinski definition) is 5. The van der Waals surface area contributed by atoms with E-state index in [9.17, 15) is 10.1 Å². The van der Waals surface area contributed by atoms with E-state index in [2.05, 4.69) is 29.4 Å². The summed E-state index contributed by atoms with van der Waals surface area (Å²) >= 11 is 5.29. The molecule has 0 atom stereocenters. The van der Waals surface area contributed by atoms with Crippen LogP contribution in [0.3, 0.4) is 0 Å². The minimum absolute atomic E-state index is 0.0367. The molecule has 1 saturated heterocycles. The minimum atomic E-state index is -0.425. The summed E-state index contributed by atoms with van der Waals surface area (Å²) in [6, 6.07) is 6.17. The minimum Gasteiger partial charge on any atom is -0.379 e. The van der Waals surface area contributed by atoms with Crippen LogP contribution in [-0.2, 0) is 4.74 Å². The van der Waals surface area contributed by atoms with Crippen molar-refractivity contribution >= 4 is 28.7 Å². The zero-order valence-electron chi connectivity index (χ0n) is 13.4. The normalized spacial score (nSPS) is 15.9. The second-order valence-corrected chi connectivity index (χ2v) is 6.43. The summed E-state index contributed by atoms with van der Waals surface area (Å²) in [6.45, 7) is 8.38. The molecule has 8 heteroatoms. The summed E-state index contributed by atoms with van der Waals surface area (Å²) in [5, 5.41) is 17.4. The number of hydrogen-bond donors (Lipinski definition) is 2. The zero-order chi connectivity index (χ0) is 16.9. The third-order valence-corrected chi connectivity index (χ3v) is 4.13. The number of ether oxygens (including phenoxy) is 1.